The molecular formula is C8H15ClO2. The number of hydrogen-bond donors (Lipinski definition) is 1. The summed E-state index contributed by atoms with van der Waals surface area (Å²) < 4.78 is 0. The molecule has 0 fully saturated rings. The zero-order valence-corrected chi connectivity index (χ0v) is 7.60. The molecule has 0 aliphatic rings. The summed E-state index contributed by atoms with van der Waals surface area (Å²) in [5.41, 5.74) is -1.13. The highest BCUT2D eigenvalue weighted by molar-refractivity contribution is 6.17. The third kappa shape index (κ3) is 6.32. The van der Waals surface area contributed by atoms with Crippen LogP contribution in [0.5, 0.6) is 0 Å². The van der Waals surface area contributed by atoms with Gasteiger partial charge >= 0.3 is 0 Å². The molecule has 0 heterocycles. The normalized spacial score (nSPS) is 15.9. The Morgan fingerprint density at radius 2 is 2.09 bits per heavy atom. The number of aliphatic hydroxyl groups is 1. The molecule has 1 atom stereocenters. The average Bonchev–Trinajstić information content (AvgIpc) is 1.99. The second-order valence-corrected chi connectivity index (χ2v) is 3.35. The fraction of sp³-hybridized carbons (Fsp3) is 0.875. The number of hydrogen-bond acceptors (Lipinski definition) is 2. The molecular weight excluding hydrogens is 164 g/mol. The molecule has 0 bridgehead atoms. The van der Waals surface area contributed by atoms with Crippen molar-refractivity contribution in [1.82, 2.24) is 0 Å². The zero-order chi connectivity index (χ0) is 8.74. The molecule has 0 aliphatic carbocycles. The molecule has 0 aromatic heterocycles. The van der Waals surface area contributed by atoms with Crippen molar-refractivity contribution in [3.05, 3.63) is 0 Å². The quantitative estimate of drug-likeness (QED) is 0.382. The lowest BCUT2D eigenvalue weighted by Crippen LogP contribution is -2.25. The van der Waals surface area contributed by atoms with Crippen LogP contribution in [0.3, 0.4) is 0 Å². The molecule has 0 saturated heterocycles. The molecule has 0 spiro atoms. The first-order valence-electron chi connectivity index (χ1n) is 3.87. The molecule has 0 saturated carbocycles. The van der Waals surface area contributed by atoms with E-state index in [9.17, 15) is 9.90 Å². The molecule has 0 amide bonds. The molecule has 1 N–H and O–H groups in total. The average molecular weight is 179 g/mol. The predicted molar refractivity (Wildman–Crippen MR) is 45.9 cm³/mol. The molecule has 0 aromatic rings. The number of aldehydes is 1. The highest BCUT2D eigenvalue weighted by Crippen LogP contribution is 2.11. The van der Waals surface area contributed by atoms with E-state index in [0.29, 0.717) is 18.6 Å². The van der Waals surface area contributed by atoms with E-state index in [1.807, 2.05) is 0 Å². The Morgan fingerprint density at radius 3 is 2.55 bits per heavy atom. The van der Waals surface area contributed by atoms with Crippen LogP contribution >= 0.6 is 11.6 Å². The van der Waals surface area contributed by atoms with Crippen LogP contribution in [0.4, 0.5) is 0 Å². The maximum absolute atomic E-state index is 10.2. The number of carbonyl (C=O) groups is 1. The van der Waals surface area contributed by atoms with E-state index in [-0.39, 0.29) is 0 Å². The largest absolute Gasteiger partial charge is 0.383 e. The predicted octanol–water partition coefficient (Wildman–Crippen LogP) is 1.74. The fourth-order valence-electron chi connectivity index (χ4n) is 0.813. The van der Waals surface area contributed by atoms with Crippen molar-refractivity contribution in [2.75, 3.05) is 5.88 Å². The molecule has 0 radical (unpaired) electrons. The fourth-order valence-corrected chi connectivity index (χ4v) is 1.00. The third-order valence-corrected chi connectivity index (χ3v) is 1.84. The van der Waals surface area contributed by atoms with Crippen LogP contribution in [-0.4, -0.2) is 22.9 Å². The monoisotopic (exact) mass is 178 g/mol. The lowest BCUT2D eigenvalue weighted by molar-refractivity contribution is -0.123. The number of unbranched alkanes of at least 4 members (excludes halogenated alkanes) is 2. The minimum Gasteiger partial charge on any atom is -0.383 e. The molecule has 3 heteroatoms. The summed E-state index contributed by atoms with van der Waals surface area (Å²) in [4.78, 5) is 10.2. The summed E-state index contributed by atoms with van der Waals surface area (Å²) in [6.45, 7) is 1.53. The maximum Gasteiger partial charge on any atom is 0.151 e. The number of alkyl halides is 1. The van der Waals surface area contributed by atoms with Gasteiger partial charge in [0.25, 0.3) is 0 Å². The van der Waals surface area contributed by atoms with Gasteiger partial charge in [0.05, 0.1) is 0 Å². The Morgan fingerprint density at radius 1 is 1.45 bits per heavy atom. The van der Waals surface area contributed by atoms with E-state index in [2.05, 4.69) is 0 Å². The Bertz CT molecular complexity index is 113. The maximum atomic E-state index is 10.2. The summed E-state index contributed by atoms with van der Waals surface area (Å²) >= 11 is 5.45. The Kier molecular flexibility index (Phi) is 5.51. The number of rotatable bonds is 6. The molecule has 0 aliphatic heterocycles. The van der Waals surface area contributed by atoms with Crippen molar-refractivity contribution in [2.45, 2.75) is 38.2 Å². The highest BCUT2D eigenvalue weighted by atomic mass is 35.5. The summed E-state index contributed by atoms with van der Waals surface area (Å²) in [7, 11) is 0. The first-order valence-corrected chi connectivity index (χ1v) is 4.40. The first kappa shape index (κ1) is 10.9. The minimum absolute atomic E-state index is 0.535. The van der Waals surface area contributed by atoms with E-state index < -0.39 is 5.60 Å². The molecule has 0 rings (SSSR count). The van der Waals surface area contributed by atoms with Crippen LogP contribution in [0.1, 0.15) is 32.6 Å². The van der Waals surface area contributed by atoms with Crippen molar-refractivity contribution < 1.29 is 9.90 Å². The van der Waals surface area contributed by atoms with Crippen molar-refractivity contribution >= 4 is 17.9 Å². The number of carbonyl (C=O) groups excluding carboxylic acids is 1. The summed E-state index contributed by atoms with van der Waals surface area (Å²) in [6.07, 6.45) is 3.92. The molecule has 0 unspecified atom stereocenters. The third-order valence-electron chi connectivity index (χ3n) is 1.57. The van der Waals surface area contributed by atoms with Crippen LogP contribution in [0, 0.1) is 0 Å². The van der Waals surface area contributed by atoms with Gasteiger partial charge in [-0.2, -0.15) is 0 Å². The Labute approximate surface area is 72.6 Å². The van der Waals surface area contributed by atoms with E-state index >= 15 is 0 Å². The molecule has 0 aromatic carbocycles. The van der Waals surface area contributed by atoms with Crippen molar-refractivity contribution in [2.24, 2.45) is 0 Å². The van der Waals surface area contributed by atoms with Gasteiger partial charge in [-0.3, -0.25) is 0 Å². The lowest BCUT2D eigenvalue weighted by atomic mass is 10.0. The molecule has 2 nitrogen and oxygen atoms in total. The minimum atomic E-state index is -1.13. The van der Waals surface area contributed by atoms with Gasteiger partial charge in [-0.1, -0.05) is 12.8 Å². The van der Waals surface area contributed by atoms with Crippen molar-refractivity contribution in [1.29, 1.82) is 0 Å². The second-order valence-electron chi connectivity index (χ2n) is 2.97. The van der Waals surface area contributed by atoms with Crippen molar-refractivity contribution in [3.8, 4) is 0 Å². The van der Waals surface area contributed by atoms with E-state index in [1.165, 1.54) is 6.92 Å². The van der Waals surface area contributed by atoms with Crippen LogP contribution in [0.25, 0.3) is 0 Å². The van der Waals surface area contributed by atoms with Gasteiger partial charge in [0.2, 0.25) is 0 Å². The smallest absolute Gasteiger partial charge is 0.151 e. The molecule has 66 valence electrons. The van der Waals surface area contributed by atoms with Gasteiger partial charge < -0.3 is 9.90 Å². The van der Waals surface area contributed by atoms with Gasteiger partial charge in [0, 0.05) is 5.88 Å². The van der Waals surface area contributed by atoms with Gasteiger partial charge in [0.1, 0.15) is 5.60 Å². The Hall–Kier alpha value is -0.0800. The summed E-state index contributed by atoms with van der Waals surface area (Å²) in [5, 5.41) is 9.22. The van der Waals surface area contributed by atoms with Crippen LogP contribution in [-0.2, 0) is 4.79 Å². The van der Waals surface area contributed by atoms with E-state index in [4.69, 9.17) is 11.6 Å². The van der Waals surface area contributed by atoms with E-state index in [0.717, 1.165) is 19.3 Å². The lowest BCUT2D eigenvalue weighted by Gasteiger charge is -2.14. The SMILES string of the molecule is C[C@](O)(C=O)CCCCCCl. The molecule has 11 heavy (non-hydrogen) atoms. The number of halogens is 1. The first-order chi connectivity index (χ1) is 5.12. The van der Waals surface area contributed by atoms with Crippen LogP contribution in [0.2, 0.25) is 0 Å². The standard InChI is InChI=1S/C8H15ClO2/c1-8(11,7-10)5-3-2-4-6-9/h7,11H,2-6H2,1H3/t8-/m1/s1. The van der Waals surface area contributed by atoms with Crippen LogP contribution in [0.15, 0.2) is 0 Å². The van der Waals surface area contributed by atoms with Crippen LogP contribution < -0.4 is 0 Å². The van der Waals surface area contributed by atoms with Gasteiger partial charge in [0.15, 0.2) is 6.29 Å². The van der Waals surface area contributed by atoms with Crippen molar-refractivity contribution in [3.63, 3.8) is 0 Å². The zero-order valence-electron chi connectivity index (χ0n) is 6.85. The summed E-state index contributed by atoms with van der Waals surface area (Å²) in [6, 6.07) is 0. The highest BCUT2D eigenvalue weighted by Gasteiger charge is 2.17. The van der Waals surface area contributed by atoms with Gasteiger partial charge in [-0.15, -0.1) is 11.6 Å². The second kappa shape index (κ2) is 5.56. The van der Waals surface area contributed by atoms with Gasteiger partial charge in [-0.05, 0) is 19.8 Å². The topological polar surface area (TPSA) is 37.3 Å². The Balaban J connectivity index is 3.30. The summed E-state index contributed by atoms with van der Waals surface area (Å²) in [5.74, 6) is 0.656. The van der Waals surface area contributed by atoms with Gasteiger partial charge in [-0.25, -0.2) is 0 Å². The van der Waals surface area contributed by atoms with E-state index in [1.54, 1.807) is 0 Å².